The second kappa shape index (κ2) is 9.42. The molecule has 134 valence electrons. The number of hydrogen-bond donors (Lipinski definition) is 1. The van der Waals surface area contributed by atoms with Crippen molar-refractivity contribution < 1.29 is 9.53 Å². The third-order valence-corrected chi connectivity index (χ3v) is 5.16. The van der Waals surface area contributed by atoms with Crippen molar-refractivity contribution in [3.05, 3.63) is 41.4 Å². The summed E-state index contributed by atoms with van der Waals surface area (Å²) in [4.78, 5) is 18.9. The molecule has 5 nitrogen and oxygen atoms in total. The predicted octanol–water partition coefficient (Wildman–Crippen LogP) is 3.26. The molecule has 1 aliphatic rings. The Bertz CT molecular complexity index is 654. The molecular weight excluding hydrogens is 334 g/mol. The quantitative estimate of drug-likeness (QED) is 0.786. The number of thiazole rings is 1. The summed E-state index contributed by atoms with van der Waals surface area (Å²) >= 11 is 1.71. The number of nitrogens with one attached hydrogen (secondary N) is 1. The molecule has 6 heteroatoms. The predicted molar refractivity (Wildman–Crippen MR) is 101 cm³/mol. The first-order valence-corrected chi connectivity index (χ1v) is 9.83. The highest BCUT2D eigenvalue weighted by atomic mass is 32.1. The van der Waals surface area contributed by atoms with E-state index in [1.54, 1.807) is 11.3 Å². The summed E-state index contributed by atoms with van der Waals surface area (Å²) in [6.07, 6.45) is 4.99. The maximum absolute atomic E-state index is 11.9. The SMILES string of the molecule is O=C(CCOc1ccccc1)NCCc1csc(N2CCCCC2)n1. The van der Waals surface area contributed by atoms with Crippen LogP contribution in [0.2, 0.25) is 0 Å². The molecule has 1 amide bonds. The van der Waals surface area contributed by atoms with E-state index in [2.05, 4.69) is 15.6 Å². The fourth-order valence-corrected chi connectivity index (χ4v) is 3.75. The van der Waals surface area contributed by atoms with E-state index < -0.39 is 0 Å². The van der Waals surface area contributed by atoms with Gasteiger partial charge in [-0.25, -0.2) is 4.98 Å². The molecule has 1 aliphatic heterocycles. The molecule has 0 radical (unpaired) electrons. The molecule has 0 spiro atoms. The topological polar surface area (TPSA) is 54.5 Å². The van der Waals surface area contributed by atoms with Gasteiger partial charge in [0.2, 0.25) is 5.91 Å². The van der Waals surface area contributed by atoms with Crippen LogP contribution in [0.4, 0.5) is 5.13 Å². The zero-order chi connectivity index (χ0) is 17.3. The number of piperidine rings is 1. The molecule has 2 aromatic rings. The average molecular weight is 359 g/mol. The van der Waals surface area contributed by atoms with E-state index in [-0.39, 0.29) is 5.91 Å². The molecule has 25 heavy (non-hydrogen) atoms. The van der Waals surface area contributed by atoms with Crippen molar-refractivity contribution >= 4 is 22.4 Å². The fourth-order valence-electron chi connectivity index (χ4n) is 2.84. The van der Waals surface area contributed by atoms with Gasteiger partial charge in [0, 0.05) is 31.4 Å². The zero-order valence-electron chi connectivity index (χ0n) is 14.4. The van der Waals surface area contributed by atoms with Crippen LogP contribution in [0.3, 0.4) is 0 Å². The Morgan fingerprint density at radius 1 is 1.20 bits per heavy atom. The lowest BCUT2D eigenvalue weighted by Gasteiger charge is -2.25. The minimum absolute atomic E-state index is 0.0161. The lowest BCUT2D eigenvalue weighted by Crippen LogP contribution is -2.29. The molecule has 1 saturated heterocycles. The maximum atomic E-state index is 11.9. The highest BCUT2D eigenvalue weighted by Gasteiger charge is 2.14. The van der Waals surface area contributed by atoms with Crippen molar-refractivity contribution in [1.29, 1.82) is 0 Å². The number of anilines is 1. The molecule has 0 saturated carbocycles. The number of nitrogens with zero attached hydrogens (tertiary/aromatic N) is 2. The van der Waals surface area contributed by atoms with Gasteiger partial charge in [-0.2, -0.15) is 0 Å². The van der Waals surface area contributed by atoms with Gasteiger partial charge in [0.25, 0.3) is 0 Å². The summed E-state index contributed by atoms with van der Waals surface area (Å²) in [7, 11) is 0. The molecule has 0 aliphatic carbocycles. The number of benzene rings is 1. The molecule has 2 heterocycles. The van der Waals surface area contributed by atoms with Crippen molar-refractivity contribution in [2.45, 2.75) is 32.1 Å². The van der Waals surface area contributed by atoms with Crippen LogP contribution in [0.5, 0.6) is 5.75 Å². The van der Waals surface area contributed by atoms with E-state index in [1.165, 1.54) is 19.3 Å². The first kappa shape index (κ1) is 17.7. The second-order valence-electron chi connectivity index (χ2n) is 6.18. The minimum atomic E-state index is 0.0161. The van der Waals surface area contributed by atoms with Crippen molar-refractivity contribution in [3.8, 4) is 5.75 Å². The lowest BCUT2D eigenvalue weighted by molar-refractivity contribution is -0.121. The number of rotatable bonds is 8. The molecular formula is C19H25N3O2S. The number of para-hydroxylation sites is 1. The van der Waals surface area contributed by atoms with Crippen molar-refractivity contribution in [2.24, 2.45) is 0 Å². The summed E-state index contributed by atoms with van der Waals surface area (Å²) in [6, 6.07) is 9.55. The van der Waals surface area contributed by atoms with Gasteiger partial charge in [0.05, 0.1) is 18.7 Å². The summed E-state index contributed by atoms with van der Waals surface area (Å²) in [5.74, 6) is 0.811. The van der Waals surface area contributed by atoms with E-state index >= 15 is 0 Å². The Hall–Kier alpha value is -2.08. The van der Waals surface area contributed by atoms with Gasteiger partial charge in [-0.15, -0.1) is 11.3 Å². The van der Waals surface area contributed by atoms with Crippen molar-refractivity contribution in [3.63, 3.8) is 0 Å². The van der Waals surface area contributed by atoms with Gasteiger partial charge in [-0.3, -0.25) is 4.79 Å². The highest BCUT2D eigenvalue weighted by Crippen LogP contribution is 2.24. The van der Waals surface area contributed by atoms with Gasteiger partial charge in [0.1, 0.15) is 5.75 Å². The first-order chi connectivity index (χ1) is 12.3. The van der Waals surface area contributed by atoms with E-state index in [4.69, 9.17) is 9.72 Å². The Morgan fingerprint density at radius 2 is 2.00 bits per heavy atom. The van der Waals surface area contributed by atoms with Crippen LogP contribution in [0, 0.1) is 0 Å². The fraction of sp³-hybridized carbons (Fsp3) is 0.474. The normalized spacial score (nSPS) is 14.3. The van der Waals surface area contributed by atoms with E-state index in [9.17, 15) is 4.79 Å². The van der Waals surface area contributed by atoms with E-state index in [0.29, 0.717) is 19.6 Å². The Balaban J connectivity index is 1.32. The highest BCUT2D eigenvalue weighted by molar-refractivity contribution is 7.13. The number of hydrogen-bond acceptors (Lipinski definition) is 5. The number of aromatic nitrogens is 1. The largest absolute Gasteiger partial charge is 0.493 e. The number of ether oxygens (including phenoxy) is 1. The monoisotopic (exact) mass is 359 g/mol. The molecule has 0 unspecified atom stereocenters. The molecule has 0 atom stereocenters. The van der Waals surface area contributed by atoms with Crippen LogP contribution in [0.1, 0.15) is 31.4 Å². The Labute approximate surface area is 153 Å². The number of amides is 1. The number of carbonyl (C=O) groups excluding carboxylic acids is 1. The van der Waals surface area contributed by atoms with E-state index in [0.717, 1.165) is 36.1 Å². The minimum Gasteiger partial charge on any atom is -0.493 e. The van der Waals surface area contributed by atoms with Crippen LogP contribution in [-0.2, 0) is 11.2 Å². The van der Waals surface area contributed by atoms with Crippen LogP contribution >= 0.6 is 11.3 Å². The Kier molecular flexibility index (Phi) is 6.68. The molecule has 1 fully saturated rings. The summed E-state index contributed by atoms with van der Waals surface area (Å²) in [5, 5.41) is 6.17. The molecule has 1 aromatic carbocycles. The molecule has 1 N–H and O–H groups in total. The summed E-state index contributed by atoms with van der Waals surface area (Å²) in [6.45, 7) is 3.25. The van der Waals surface area contributed by atoms with Crippen LogP contribution in [-0.4, -0.2) is 37.1 Å². The van der Waals surface area contributed by atoms with Crippen LogP contribution in [0.15, 0.2) is 35.7 Å². The zero-order valence-corrected chi connectivity index (χ0v) is 15.3. The van der Waals surface area contributed by atoms with E-state index in [1.807, 2.05) is 30.3 Å². The van der Waals surface area contributed by atoms with Gasteiger partial charge < -0.3 is 15.0 Å². The smallest absolute Gasteiger partial charge is 0.223 e. The number of carbonyl (C=O) groups is 1. The van der Waals surface area contributed by atoms with Gasteiger partial charge in [0.15, 0.2) is 5.13 Å². The molecule has 0 bridgehead atoms. The van der Waals surface area contributed by atoms with Crippen molar-refractivity contribution in [1.82, 2.24) is 10.3 Å². The van der Waals surface area contributed by atoms with Gasteiger partial charge in [-0.1, -0.05) is 18.2 Å². The lowest BCUT2D eigenvalue weighted by atomic mass is 10.1. The standard InChI is InChI=1S/C19H25N3O2S/c23-18(10-14-24-17-7-3-1-4-8-17)20-11-9-16-15-25-19(21-16)22-12-5-2-6-13-22/h1,3-4,7-8,15H,2,5-6,9-14H2,(H,20,23). The van der Waals surface area contributed by atoms with Crippen molar-refractivity contribution in [2.75, 3.05) is 31.1 Å². The Morgan fingerprint density at radius 3 is 2.80 bits per heavy atom. The third kappa shape index (κ3) is 5.74. The first-order valence-electron chi connectivity index (χ1n) is 8.95. The third-order valence-electron chi connectivity index (χ3n) is 4.21. The summed E-state index contributed by atoms with van der Waals surface area (Å²) in [5.41, 5.74) is 1.06. The van der Waals surface area contributed by atoms with Gasteiger partial charge >= 0.3 is 0 Å². The molecule has 1 aromatic heterocycles. The van der Waals surface area contributed by atoms with Crippen LogP contribution < -0.4 is 15.0 Å². The maximum Gasteiger partial charge on any atom is 0.223 e. The average Bonchev–Trinajstić information content (AvgIpc) is 3.12. The molecule has 3 rings (SSSR count). The van der Waals surface area contributed by atoms with Gasteiger partial charge in [-0.05, 0) is 31.4 Å². The second-order valence-corrected chi connectivity index (χ2v) is 7.02. The summed E-state index contributed by atoms with van der Waals surface area (Å²) < 4.78 is 5.53. The van der Waals surface area contributed by atoms with Crippen LogP contribution in [0.25, 0.3) is 0 Å².